The fourth-order valence-electron chi connectivity index (χ4n) is 2.20. The molecular formula is C14H20N2O3. The zero-order chi connectivity index (χ0) is 13.7. The monoisotopic (exact) mass is 264 g/mol. The third-order valence-corrected chi connectivity index (χ3v) is 3.27. The van der Waals surface area contributed by atoms with Gasteiger partial charge in [0.1, 0.15) is 5.75 Å². The second-order valence-corrected chi connectivity index (χ2v) is 4.75. The zero-order valence-electron chi connectivity index (χ0n) is 11.1. The van der Waals surface area contributed by atoms with Gasteiger partial charge in [-0.1, -0.05) is 0 Å². The van der Waals surface area contributed by atoms with Crippen molar-refractivity contribution in [3.05, 3.63) is 23.8 Å². The first-order valence-corrected chi connectivity index (χ1v) is 6.50. The number of benzene rings is 1. The minimum Gasteiger partial charge on any atom is -0.496 e. The van der Waals surface area contributed by atoms with Crippen LogP contribution in [0.4, 0.5) is 5.69 Å². The third kappa shape index (κ3) is 3.61. The molecule has 0 radical (unpaired) electrons. The average molecular weight is 264 g/mol. The van der Waals surface area contributed by atoms with E-state index < -0.39 is 0 Å². The van der Waals surface area contributed by atoms with E-state index in [1.54, 1.807) is 18.2 Å². The second-order valence-electron chi connectivity index (χ2n) is 4.75. The van der Waals surface area contributed by atoms with E-state index in [1.807, 2.05) is 0 Å². The lowest BCUT2D eigenvalue weighted by atomic mass is 10.0. The summed E-state index contributed by atoms with van der Waals surface area (Å²) in [4.78, 5) is 12.1. The molecule has 1 fully saturated rings. The summed E-state index contributed by atoms with van der Waals surface area (Å²) in [6.45, 7) is 2.17. The first kappa shape index (κ1) is 13.7. The molecule has 3 N–H and O–H groups in total. The normalized spacial score (nSPS) is 18.9. The van der Waals surface area contributed by atoms with Gasteiger partial charge in [0.05, 0.1) is 19.3 Å². The number of nitrogens with one attached hydrogen (secondary N) is 1. The Labute approximate surface area is 113 Å². The second kappa shape index (κ2) is 6.43. The summed E-state index contributed by atoms with van der Waals surface area (Å²) in [6, 6.07) is 5.05. The molecule has 0 aliphatic carbocycles. The number of carbonyl (C=O) groups is 1. The van der Waals surface area contributed by atoms with Gasteiger partial charge in [0, 0.05) is 18.8 Å². The lowest BCUT2D eigenvalue weighted by Gasteiger charge is -2.22. The fourth-order valence-corrected chi connectivity index (χ4v) is 2.20. The summed E-state index contributed by atoms with van der Waals surface area (Å²) in [5.41, 5.74) is 6.72. The van der Waals surface area contributed by atoms with Crippen molar-refractivity contribution >= 4 is 11.6 Å². The van der Waals surface area contributed by atoms with Gasteiger partial charge in [-0.3, -0.25) is 4.79 Å². The highest BCUT2D eigenvalue weighted by Gasteiger charge is 2.17. The number of carbonyl (C=O) groups excluding carboxylic acids is 1. The quantitative estimate of drug-likeness (QED) is 0.807. The van der Waals surface area contributed by atoms with Gasteiger partial charge in [-0.25, -0.2) is 0 Å². The maximum Gasteiger partial charge on any atom is 0.255 e. The molecule has 1 aromatic rings. The Morgan fingerprint density at radius 1 is 1.58 bits per heavy atom. The van der Waals surface area contributed by atoms with Gasteiger partial charge in [0.25, 0.3) is 5.91 Å². The van der Waals surface area contributed by atoms with Crippen molar-refractivity contribution in [3.8, 4) is 5.75 Å². The molecule has 0 spiro atoms. The van der Waals surface area contributed by atoms with Crippen molar-refractivity contribution in [3.63, 3.8) is 0 Å². The highest BCUT2D eigenvalue weighted by molar-refractivity contribution is 5.97. The topological polar surface area (TPSA) is 73.6 Å². The molecule has 2 rings (SSSR count). The Morgan fingerprint density at radius 3 is 3.11 bits per heavy atom. The number of anilines is 1. The summed E-state index contributed by atoms with van der Waals surface area (Å²) in [5.74, 6) is 0.770. The Bertz CT molecular complexity index is 442. The molecular weight excluding hydrogens is 244 g/mol. The van der Waals surface area contributed by atoms with Crippen LogP contribution in [0.3, 0.4) is 0 Å². The summed E-state index contributed by atoms with van der Waals surface area (Å²) in [7, 11) is 1.54. The molecule has 1 heterocycles. The van der Waals surface area contributed by atoms with Crippen molar-refractivity contribution < 1.29 is 14.3 Å². The number of hydrogen-bond donors (Lipinski definition) is 2. The third-order valence-electron chi connectivity index (χ3n) is 3.27. The molecule has 0 saturated carbocycles. The van der Waals surface area contributed by atoms with Crippen molar-refractivity contribution in [1.82, 2.24) is 5.32 Å². The standard InChI is InChI=1S/C14H20N2O3/c1-18-13-5-4-11(15)7-12(13)14(17)16-8-10-3-2-6-19-9-10/h4-5,7,10H,2-3,6,8-9,15H2,1H3,(H,16,17). The molecule has 1 amide bonds. The Morgan fingerprint density at radius 2 is 2.42 bits per heavy atom. The number of hydrogen-bond acceptors (Lipinski definition) is 4. The summed E-state index contributed by atoms with van der Waals surface area (Å²) >= 11 is 0. The minimum atomic E-state index is -0.158. The van der Waals surface area contributed by atoms with Crippen LogP contribution in [0.5, 0.6) is 5.75 Å². The van der Waals surface area contributed by atoms with E-state index in [0.717, 1.165) is 19.4 Å². The van der Waals surface area contributed by atoms with Crippen LogP contribution in [0.1, 0.15) is 23.2 Å². The SMILES string of the molecule is COc1ccc(N)cc1C(=O)NCC1CCCOC1. The molecule has 5 nitrogen and oxygen atoms in total. The van der Waals surface area contributed by atoms with E-state index in [2.05, 4.69) is 5.32 Å². The van der Waals surface area contributed by atoms with Crippen LogP contribution in [-0.4, -0.2) is 32.8 Å². The van der Waals surface area contributed by atoms with E-state index in [1.165, 1.54) is 7.11 Å². The van der Waals surface area contributed by atoms with Crippen LogP contribution >= 0.6 is 0 Å². The van der Waals surface area contributed by atoms with E-state index in [0.29, 0.717) is 36.1 Å². The molecule has 1 unspecified atom stereocenters. The van der Waals surface area contributed by atoms with E-state index in [-0.39, 0.29) is 5.91 Å². The Hall–Kier alpha value is -1.75. The van der Waals surface area contributed by atoms with E-state index >= 15 is 0 Å². The zero-order valence-corrected chi connectivity index (χ0v) is 11.1. The maximum atomic E-state index is 12.1. The predicted molar refractivity (Wildman–Crippen MR) is 73.3 cm³/mol. The van der Waals surface area contributed by atoms with Crippen molar-refractivity contribution in [1.29, 1.82) is 0 Å². The highest BCUT2D eigenvalue weighted by atomic mass is 16.5. The first-order chi connectivity index (χ1) is 9.20. The Balaban J connectivity index is 1.97. The van der Waals surface area contributed by atoms with Gasteiger partial charge in [0.2, 0.25) is 0 Å². The smallest absolute Gasteiger partial charge is 0.255 e. The van der Waals surface area contributed by atoms with Crippen LogP contribution in [0.2, 0.25) is 0 Å². The first-order valence-electron chi connectivity index (χ1n) is 6.50. The van der Waals surface area contributed by atoms with Gasteiger partial charge in [-0.2, -0.15) is 0 Å². The molecule has 0 aromatic heterocycles. The van der Waals surface area contributed by atoms with Crippen molar-refractivity contribution in [2.45, 2.75) is 12.8 Å². The van der Waals surface area contributed by atoms with Crippen LogP contribution in [0, 0.1) is 5.92 Å². The molecule has 1 aromatic carbocycles. The minimum absolute atomic E-state index is 0.158. The molecule has 104 valence electrons. The lowest BCUT2D eigenvalue weighted by Crippen LogP contribution is -2.33. The Kier molecular flexibility index (Phi) is 4.63. The molecule has 1 saturated heterocycles. The number of nitrogen functional groups attached to an aromatic ring is 1. The fraction of sp³-hybridized carbons (Fsp3) is 0.500. The van der Waals surface area contributed by atoms with Gasteiger partial charge in [0.15, 0.2) is 0 Å². The number of ether oxygens (including phenoxy) is 2. The number of amides is 1. The summed E-state index contributed by atoms with van der Waals surface area (Å²) in [6.07, 6.45) is 2.15. The molecule has 5 heteroatoms. The predicted octanol–water partition coefficient (Wildman–Crippen LogP) is 1.43. The van der Waals surface area contributed by atoms with Crippen LogP contribution in [0.25, 0.3) is 0 Å². The van der Waals surface area contributed by atoms with Crippen LogP contribution in [0.15, 0.2) is 18.2 Å². The van der Waals surface area contributed by atoms with Gasteiger partial charge in [-0.05, 0) is 37.0 Å². The van der Waals surface area contributed by atoms with Gasteiger partial charge in [-0.15, -0.1) is 0 Å². The number of nitrogens with two attached hydrogens (primary N) is 1. The molecule has 1 aliphatic rings. The lowest BCUT2D eigenvalue weighted by molar-refractivity contribution is 0.0536. The van der Waals surface area contributed by atoms with Gasteiger partial charge >= 0.3 is 0 Å². The molecule has 19 heavy (non-hydrogen) atoms. The van der Waals surface area contributed by atoms with E-state index in [9.17, 15) is 4.79 Å². The van der Waals surface area contributed by atoms with Crippen molar-refractivity contribution in [2.75, 3.05) is 32.6 Å². The highest BCUT2D eigenvalue weighted by Crippen LogP contribution is 2.21. The van der Waals surface area contributed by atoms with Crippen LogP contribution < -0.4 is 15.8 Å². The summed E-state index contributed by atoms with van der Waals surface area (Å²) in [5, 5.41) is 2.92. The number of rotatable bonds is 4. The molecule has 1 aliphatic heterocycles. The van der Waals surface area contributed by atoms with E-state index in [4.69, 9.17) is 15.2 Å². The number of methoxy groups -OCH3 is 1. The van der Waals surface area contributed by atoms with Crippen molar-refractivity contribution in [2.24, 2.45) is 5.92 Å². The largest absolute Gasteiger partial charge is 0.496 e. The summed E-state index contributed by atoms with van der Waals surface area (Å²) < 4.78 is 10.6. The van der Waals surface area contributed by atoms with Crippen LogP contribution in [-0.2, 0) is 4.74 Å². The molecule has 1 atom stereocenters. The molecule has 0 bridgehead atoms. The average Bonchev–Trinajstić information content (AvgIpc) is 2.46. The van der Waals surface area contributed by atoms with Gasteiger partial charge < -0.3 is 20.5 Å². The maximum absolute atomic E-state index is 12.1.